The van der Waals surface area contributed by atoms with E-state index in [0.717, 1.165) is 38.6 Å². The zero-order valence-electron chi connectivity index (χ0n) is 7.68. The number of aldehydes is 1. The lowest BCUT2D eigenvalue weighted by Gasteiger charge is -2.26. The fourth-order valence-corrected chi connectivity index (χ4v) is 1.54. The maximum atomic E-state index is 10.5. The first kappa shape index (κ1) is 9.68. The largest absolute Gasteiger partial charge is 0.317 e. The smallest absolute Gasteiger partial charge is 0.136 e. The minimum absolute atomic E-state index is 0.0631. The first-order valence-electron chi connectivity index (χ1n) is 4.79. The van der Waals surface area contributed by atoms with Crippen LogP contribution in [0.3, 0.4) is 0 Å². The maximum absolute atomic E-state index is 10.5. The second kappa shape index (κ2) is 5.27. The molecule has 1 aliphatic rings. The Labute approximate surface area is 73.9 Å². The Kier molecular flexibility index (Phi) is 4.25. The fourth-order valence-electron chi connectivity index (χ4n) is 1.54. The van der Waals surface area contributed by atoms with Gasteiger partial charge in [0.15, 0.2) is 0 Å². The highest BCUT2D eigenvalue weighted by Gasteiger charge is 2.15. The number of carbonyl (C=O) groups is 1. The number of piperidine rings is 1. The Bertz CT molecular complexity index is 132. The molecular weight excluding hydrogens is 152 g/mol. The molecule has 1 saturated heterocycles. The van der Waals surface area contributed by atoms with Gasteiger partial charge in [-0.05, 0) is 32.4 Å². The molecule has 0 radical (unpaired) electrons. The lowest BCUT2D eigenvalue weighted by molar-refractivity contribution is -0.109. The highest BCUT2D eigenvalue weighted by Crippen LogP contribution is 2.03. The topological polar surface area (TPSA) is 41.1 Å². The molecule has 1 fully saturated rings. The van der Waals surface area contributed by atoms with E-state index < -0.39 is 0 Å². The summed E-state index contributed by atoms with van der Waals surface area (Å²) in [4.78, 5) is 10.5. The van der Waals surface area contributed by atoms with E-state index in [1.165, 1.54) is 0 Å². The highest BCUT2D eigenvalue weighted by molar-refractivity contribution is 5.57. The van der Waals surface area contributed by atoms with E-state index in [4.69, 9.17) is 0 Å². The summed E-state index contributed by atoms with van der Waals surface area (Å²) >= 11 is 0. The molecule has 0 bridgehead atoms. The van der Waals surface area contributed by atoms with E-state index in [1.54, 1.807) is 0 Å². The predicted molar refractivity (Wildman–Crippen MR) is 49.2 cm³/mol. The monoisotopic (exact) mass is 170 g/mol. The molecule has 70 valence electrons. The van der Waals surface area contributed by atoms with Crippen LogP contribution in [-0.4, -0.2) is 31.5 Å². The number of rotatable bonds is 4. The molecule has 1 atom stereocenters. The zero-order chi connectivity index (χ0) is 8.81. The van der Waals surface area contributed by atoms with Crippen molar-refractivity contribution in [3.63, 3.8) is 0 Å². The Morgan fingerprint density at radius 3 is 2.75 bits per heavy atom. The molecule has 0 aromatic heterocycles. The molecule has 12 heavy (non-hydrogen) atoms. The minimum Gasteiger partial charge on any atom is -0.317 e. The van der Waals surface area contributed by atoms with Crippen molar-refractivity contribution in [1.82, 2.24) is 10.6 Å². The predicted octanol–water partition coefficient (Wildman–Crippen LogP) is 0.305. The Hall–Kier alpha value is -0.410. The summed E-state index contributed by atoms with van der Waals surface area (Å²) < 4.78 is 0. The fraction of sp³-hybridized carbons (Fsp3) is 0.889. The number of nitrogens with one attached hydrogen (secondary N) is 2. The highest BCUT2D eigenvalue weighted by atomic mass is 16.1. The normalized spacial score (nSPS) is 22.1. The molecule has 0 saturated carbocycles. The second-order valence-electron chi connectivity index (χ2n) is 3.34. The summed E-state index contributed by atoms with van der Waals surface area (Å²) in [6, 6.07) is 0.606. The van der Waals surface area contributed by atoms with E-state index in [-0.39, 0.29) is 6.04 Å². The van der Waals surface area contributed by atoms with Crippen molar-refractivity contribution >= 4 is 6.29 Å². The average molecular weight is 170 g/mol. The molecular formula is C9H18N2O. The molecule has 0 aromatic rings. The Morgan fingerprint density at radius 1 is 1.58 bits per heavy atom. The number of hydrogen-bond acceptors (Lipinski definition) is 3. The quantitative estimate of drug-likeness (QED) is 0.596. The summed E-state index contributed by atoms with van der Waals surface area (Å²) in [6.45, 7) is 4.19. The van der Waals surface area contributed by atoms with Crippen molar-refractivity contribution in [1.29, 1.82) is 0 Å². The van der Waals surface area contributed by atoms with Crippen molar-refractivity contribution in [2.45, 2.75) is 38.3 Å². The summed E-state index contributed by atoms with van der Waals surface area (Å²) in [5, 5.41) is 6.64. The third-order valence-corrected chi connectivity index (χ3v) is 2.39. The van der Waals surface area contributed by atoms with Crippen LogP contribution in [0.1, 0.15) is 26.2 Å². The van der Waals surface area contributed by atoms with E-state index in [0.29, 0.717) is 6.04 Å². The molecule has 0 aromatic carbocycles. The van der Waals surface area contributed by atoms with E-state index in [9.17, 15) is 4.79 Å². The van der Waals surface area contributed by atoms with Crippen LogP contribution in [0, 0.1) is 0 Å². The van der Waals surface area contributed by atoms with E-state index in [1.807, 2.05) is 6.92 Å². The van der Waals surface area contributed by atoms with Crippen LogP contribution in [-0.2, 0) is 4.79 Å². The van der Waals surface area contributed by atoms with Gasteiger partial charge in [-0.25, -0.2) is 0 Å². The molecule has 1 aliphatic heterocycles. The van der Waals surface area contributed by atoms with Crippen molar-refractivity contribution in [2.75, 3.05) is 13.1 Å². The van der Waals surface area contributed by atoms with Crippen molar-refractivity contribution in [2.24, 2.45) is 0 Å². The van der Waals surface area contributed by atoms with Crippen molar-refractivity contribution in [3.05, 3.63) is 0 Å². The molecule has 0 aliphatic carbocycles. The molecule has 1 unspecified atom stereocenters. The number of carbonyl (C=O) groups excluding carboxylic acids is 1. The summed E-state index contributed by atoms with van der Waals surface area (Å²) in [7, 11) is 0. The van der Waals surface area contributed by atoms with E-state index >= 15 is 0 Å². The van der Waals surface area contributed by atoms with Crippen LogP contribution in [0.15, 0.2) is 0 Å². The Morgan fingerprint density at radius 2 is 2.25 bits per heavy atom. The average Bonchev–Trinajstić information content (AvgIpc) is 2.16. The lowest BCUT2D eigenvalue weighted by atomic mass is 10.1. The van der Waals surface area contributed by atoms with Crippen LogP contribution in [0.4, 0.5) is 0 Å². The van der Waals surface area contributed by atoms with Gasteiger partial charge in [-0.1, -0.05) is 6.92 Å². The third kappa shape index (κ3) is 2.91. The molecule has 1 rings (SSSR count). The second-order valence-corrected chi connectivity index (χ2v) is 3.34. The molecule has 3 heteroatoms. The molecule has 0 amide bonds. The van der Waals surface area contributed by atoms with Crippen LogP contribution >= 0.6 is 0 Å². The van der Waals surface area contributed by atoms with Gasteiger partial charge < -0.3 is 15.4 Å². The molecule has 2 N–H and O–H groups in total. The van der Waals surface area contributed by atoms with Crippen LogP contribution in [0.25, 0.3) is 0 Å². The van der Waals surface area contributed by atoms with Gasteiger partial charge in [0.05, 0.1) is 6.04 Å². The SMILES string of the molecule is CCC(C=O)NC1CCNCC1. The van der Waals surface area contributed by atoms with Gasteiger partial charge in [0.2, 0.25) is 0 Å². The zero-order valence-corrected chi connectivity index (χ0v) is 7.68. The van der Waals surface area contributed by atoms with Crippen LogP contribution in [0.2, 0.25) is 0 Å². The van der Waals surface area contributed by atoms with Gasteiger partial charge in [0.25, 0.3) is 0 Å². The number of hydrogen-bond donors (Lipinski definition) is 2. The van der Waals surface area contributed by atoms with Gasteiger partial charge in [-0.3, -0.25) is 0 Å². The maximum Gasteiger partial charge on any atom is 0.136 e. The lowest BCUT2D eigenvalue weighted by Crippen LogP contribution is -2.45. The standard InChI is InChI=1S/C9H18N2O/c1-2-8(7-12)11-9-3-5-10-6-4-9/h7-11H,2-6H2,1H3. The molecule has 3 nitrogen and oxygen atoms in total. The first-order chi connectivity index (χ1) is 5.86. The van der Waals surface area contributed by atoms with Gasteiger partial charge >= 0.3 is 0 Å². The third-order valence-electron chi connectivity index (χ3n) is 2.39. The van der Waals surface area contributed by atoms with Crippen molar-refractivity contribution in [3.8, 4) is 0 Å². The molecule has 0 spiro atoms. The first-order valence-corrected chi connectivity index (χ1v) is 4.79. The van der Waals surface area contributed by atoms with Crippen molar-refractivity contribution < 1.29 is 4.79 Å². The van der Waals surface area contributed by atoms with Crippen LogP contribution < -0.4 is 10.6 Å². The summed E-state index contributed by atoms with van der Waals surface area (Å²) in [6.07, 6.45) is 4.20. The van der Waals surface area contributed by atoms with Gasteiger partial charge in [-0.2, -0.15) is 0 Å². The van der Waals surface area contributed by atoms with Gasteiger partial charge in [0.1, 0.15) is 6.29 Å². The van der Waals surface area contributed by atoms with E-state index in [2.05, 4.69) is 10.6 Å². The van der Waals surface area contributed by atoms with Crippen LogP contribution in [0.5, 0.6) is 0 Å². The summed E-state index contributed by atoms with van der Waals surface area (Å²) in [5.74, 6) is 0. The minimum atomic E-state index is 0.0631. The summed E-state index contributed by atoms with van der Waals surface area (Å²) in [5.41, 5.74) is 0. The van der Waals surface area contributed by atoms with Gasteiger partial charge in [0, 0.05) is 6.04 Å². The Balaban J connectivity index is 2.22. The molecule has 1 heterocycles. The van der Waals surface area contributed by atoms with Gasteiger partial charge in [-0.15, -0.1) is 0 Å².